The van der Waals surface area contributed by atoms with E-state index in [4.69, 9.17) is 11.1 Å². The van der Waals surface area contributed by atoms with Gasteiger partial charge in [0.1, 0.15) is 11.0 Å². The molecule has 0 bridgehead atoms. The first-order valence-corrected chi connectivity index (χ1v) is 7.35. The van der Waals surface area contributed by atoms with Gasteiger partial charge in [0.25, 0.3) is 5.91 Å². The highest BCUT2D eigenvalue weighted by Crippen LogP contribution is 2.34. The van der Waals surface area contributed by atoms with Crippen molar-refractivity contribution < 1.29 is 18.0 Å². The number of nitrogen functional groups attached to an aromatic ring is 1. The number of nitrogens with zero attached hydrogens (tertiary/aromatic N) is 2. The van der Waals surface area contributed by atoms with Crippen molar-refractivity contribution in [1.29, 1.82) is 5.41 Å². The normalized spacial score (nSPS) is 11.5. The van der Waals surface area contributed by atoms with Crippen LogP contribution in [0.25, 0.3) is 11.0 Å². The van der Waals surface area contributed by atoms with Crippen molar-refractivity contribution in [3.05, 3.63) is 47.0 Å². The number of carbonyl (C=O) groups excluding carboxylic acids is 1. The van der Waals surface area contributed by atoms with Crippen molar-refractivity contribution in [2.45, 2.75) is 13.1 Å². The minimum atomic E-state index is -4.74. The summed E-state index contributed by atoms with van der Waals surface area (Å²) < 4.78 is 40.0. The molecule has 2 aromatic carbocycles. The Labute approximate surface area is 144 Å². The molecule has 0 saturated heterocycles. The topological polar surface area (TPSA) is 121 Å². The molecule has 3 aromatic rings. The van der Waals surface area contributed by atoms with Gasteiger partial charge in [0.15, 0.2) is 0 Å². The fraction of sp³-hybridized carbons (Fsp3) is 0.125. The molecule has 134 valence electrons. The summed E-state index contributed by atoms with van der Waals surface area (Å²) >= 11 is 0. The van der Waals surface area contributed by atoms with Crippen LogP contribution in [0.2, 0.25) is 0 Å². The molecule has 5 N–H and O–H groups in total. The minimum absolute atomic E-state index is 0.00285. The van der Waals surface area contributed by atoms with E-state index in [1.54, 1.807) is 0 Å². The van der Waals surface area contributed by atoms with Crippen molar-refractivity contribution in [2.24, 2.45) is 0 Å². The van der Waals surface area contributed by atoms with Gasteiger partial charge in [0.05, 0.1) is 11.1 Å². The molecule has 1 heterocycles. The Morgan fingerprint density at radius 1 is 1.15 bits per heavy atom. The van der Waals surface area contributed by atoms with Gasteiger partial charge in [-0.25, -0.2) is 0 Å². The summed E-state index contributed by atoms with van der Waals surface area (Å²) in [5.41, 5.74) is 5.28. The first kappa shape index (κ1) is 17.4. The summed E-state index contributed by atoms with van der Waals surface area (Å²) in [6.07, 6.45) is -4.74. The molecule has 0 fully saturated rings. The number of H-pyrrole nitrogens is 1. The van der Waals surface area contributed by atoms with E-state index in [-0.39, 0.29) is 22.4 Å². The number of fused-ring (bicyclic) bond motifs is 1. The maximum Gasteiger partial charge on any atom is 0.417 e. The second-order valence-corrected chi connectivity index (χ2v) is 5.59. The second-order valence-electron chi connectivity index (χ2n) is 5.59. The number of hydrogen-bond acceptors (Lipinski definition) is 5. The molecular formula is C16H13F3N6O. The Morgan fingerprint density at radius 2 is 1.81 bits per heavy atom. The van der Waals surface area contributed by atoms with Crippen LogP contribution in [-0.4, -0.2) is 27.0 Å². The molecule has 7 nitrogen and oxygen atoms in total. The lowest BCUT2D eigenvalue weighted by Crippen LogP contribution is -2.19. The summed E-state index contributed by atoms with van der Waals surface area (Å²) in [5.74, 6) is -0.958. The van der Waals surface area contributed by atoms with Gasteiger partial charge in [0.2, 0.25) is 0 Å². The molecule has 0 spiro atoms. The highest BCUT2D eigenvalue weighted by molar-refractivity contribution is 6.08. The highest BCUT2D eigenvalue weighted by Gasteiger charge is 2.36. The quantitative estimate of drug-likeness (QED) is 0.422. The Balaban J connectivity index is 2.02. The predicted octanol–water partition coefficient (Wildman–Crippen LogP) is 3.20. The zero-order chi connectivity index (χ0) is 19.1. The molecule has 0 atom stereocenters. The molecule has 26 heavy (non-hydrogen) atoms. The standard InChI is InChI=1S/C16H13F3N6O/c1-7(20)9-4-8(2-3-12(9)21)22-15(26)10-5-13-14(24-25-23-13)6-11(10)16(17,18)19/h2-6,20H,21H2,1H3,(H,22,26)(H,23,24,25). The maximum absolute atomic E-state index is 13.3. The Kier molecular flexibility index (Phi) is 4.10. The maximum atomic E-state index is 13.3. The number of alkyl halides is 3. The van der Waals surface area contributed by atoms with Crippen LogP contribution in [0.3, 0.4) is 0 Å². The smallest absolute Gasteiger partial charge is 0.398 e. The summed E-state index contributed by atoms with van der Waals surface area (Å²) in [6, 6.07) is 6.13. The second kappa shape index (κ2) is 6.14. The number of anilines is 2. The number of hydrogen-bond donors (Lipinski definition) is 4. The molecule has 0 aliphatic carbocycles. The van der Waals surface area contributed by atoms with Crippen LogP contribution in [0.5, 0.6) is 0 Å². The number of halogens is 3. The summed E-state index contributed by atoms with van der Waals surface area (Å²) in [7, 11) is 0. The number of amides is 1. The van der Waals surface area contributed by atoms with E-state index < -0.39 is 23.2 Å². The van der Waals surface area contributed by atoms with Gasteiger partial charge in [0, 0.05) is 22.6 Å². The fourth-order valence-electron chi connectivity index (χ4n) is 2.47. The van der Waals surface area contributed by atoms with E-state index in [0.29, 0.717) is 11.3 Å². The molecule has 0 aliphatic rings. The zero-order valence-electron chi connectivity index (χ0n) is 13.4. The number of nitrogens with one attached hydrogen (secondary N) is 3. The van der Waals surface area contributed by atoms with Gasteiger partial charge in [-0.3, -0.25) is 4.79 Å². The highest BCUT2D eigenvalue weighted by atomic mass is 19.4. The number of benzene rings is 2. The number of aromatic amines is 1. The van der Waals surface area contributed by atoms with Crippen molar-refractivity contribution in [2.75, 3.05) is 11.1 Å². The first-order valence-electron chi connectivity index (χ1n) is 7.35. The van der Waals surface area contributed by atoms with Crippen LogP contribution >= 0.6 is 0 Å². The lowest BCUT2D eigenvalue weighted by Gasteiger charge is -2.14. The number of nitrogens with two attached hydrogens (primary N) is 1. The van der Waals surface area contributed by atoms with Crippen molar-refractivity contribution in [1.82, 2.24) is 15.4 Å². The third-order valence-electron chi connectivity index (χ3n) is 3.72. The van der Waals surface area contributed by atoms with Crippen molar-refractivity contribution in [3.63, 3.8) is 0 Å². The first-order chi connectivity index (χ1) is 12.2. The molecule has 1 amide bonds. The average Bonchev–Trinajstić information content (AvgIpc) is 3.01. The molecule has 10 heteroatoms. The third-order valence-corrected chi connectivity index (χ3v) is 3.72. The van der Waals surface area contributed by atoms with Gasteiger partial charge in [-0.15, -0.1) is 0 Å². The number of aromatic nitrogens is 3. The molecule has 0 aliphatic heterocycles. The van der Waals surface area contributed by atoms with Gasteiger partial charge in [-0.2, -0.15) is 28.6 Å². The van der Waals surface area contributed by atoms with E-state index in [9.17, 15) is 18.0 Å². The number of carbonyl (C=O) groups is 1. The van der Waals surface area contributed by atoms with Gasteiger partial charge < -0.3 is 16.5 Å². The lowest BCUT2D eigenvalue weighted by atomic mass is 10.0. The van der Waals surface area contributed by atoms with E-state index in [0.717, 1.165) is 12.1 Å². The Morgan fingerprint density at radius 3 is 2.42 bits per heavy atom. The van der Waals surface area contributed by atoms with Crippen LogP contribution in [0.15, 0.2) is 30.3 Å². The Hall–Kier alpha value is -3.43. The third kappa shape index (κ3) is 3.21. The molecular weight excluding hydrogens is 349 g/mol. The summed E-state index contributed by atoms with van der Waals surface area (Å²) in [5, 5.41) is 19.6. The van der Waals surface area contributed by atoms with Crippen LogP contribution in [0, 0.1) is 5.41 Å². The fourth-order valence-corrected chi connectivity index (χ4v) is 2.47. The van der Waals surface area contributed by atoms with Crippen LogP contribution < -0.4 is 11.1 Å². The monoisotopic (exact) mass is 362 g/mol. The number of rotatable bonds is 3. The van der Waals surface area contributed by atoms with Gasteiger partial charge >= 0.3 is 6.18 Å². The van der Waals surface area contributed by atoms with E-state index in [1.807, 2.05) is 0 Å². The average molecular weight is 362 g/mol. The van der Waals surface area contributed by atoms with E-state index >= 15 is 0 Å². The molecule has 3 rings (SSSR count). The van der Waals surface area contributed by atoms with Crippen molar-refractivity contribution >= 4 is 34.0 Å². The zero-order valence-corrected chi connectivity index (χ0v) is 13.4. The van der Waals surface area contributed by atoms with Crippen LogP contribution in [0.4, 0.5) is 24.5 Å². The minimum Gasteiger partial charge on any atom is -0.398 e. The van der Waals surface area contributed by atoms with Crippen molar-refractivity contribution in [3.8, 4) is 0 Å². The molecule has 0 radical (unpaired) electrons. The van der Waals surface area contributed by atoms with Crippen LogP contribution in [-0.2, 0) is 6.18 Å². The summed E-state index contributed by atoms with van der Waals surface area (Å²) in [6.45, 7) is 1.51. The lowest BCUT2D eigenvalue weighted by molar-refractivity contribution is -0.137. The molecule has 0 saturated carbocycles. The van der Waals surface area contributed by atoms with Crippen LogP contribution in [0.1, 0.15) is 28.4 Å². The van der Waals surface area contributed by atoms with Gasteiger partial charge in [-0.05, 0) is 37.3 Å². The SMILES string of the molecule is CC(=N)c1cc(NC(=O)c2cc3n[nH]nc3cc2C(F)(F)F)ccc1N. The van der Waals surface area contributed by atoms with E-state index in [1.165, 1.54) is 25.1 Å². The molecule has 0 unspecified atom stereocenters. The summed E-state index contributed by atoms with van der Waals surface area (Å²) in [4.78, 5) is 12.5. The predicted molar refractivity (Wildman–Crippen MR) is 90.2 cm³/mol. The van der Waals surface area contributed by atoms with E-state index in [2.05, 4.69) is 20.7 Å². The Bertz CT molecular complexity index is 1020. The van der Waals surface area contributed by atoms with Gasteiger partial charge in [-0.1, -0.05) is 0 Å². The largest absolute Gasteiger partial charge is 0.417 e. The molecule has 1 aromatic heterocycles.